The van der Waals surface area contributed by atoms with Gasteiger partial charge in [-0.3, -0.25) is 4.79 Å². The van der Waals surface area contributed by atoms with Crippen LogP contribution in [-0.2, 0) is 23.9 Å². The van der Waals surface area contributed by atoms with Crippen molar-refractivity contribution in [2.45, 2.75) is 26.1 Å². The lowest BCUT2D eigenvalue weighted by Gasteiger charge is -2.10. The van der Waals surface area contributed by atoms with Crippen LogP contribution >= 0.6 is 0 Å². The molecule has 24 heavy (non-hydrogen) atoms. The van der Waals surface area contributed by atoms with Gasteiger partial charge in [0.15, 0.2) is 11.6 Å². The predicted octanol–water partition coefficient (Wildman–Crippen LogP) is 2.51. The van der Waals surface area contributed by atoms with E-state index in [9.17, 15) is 22.4 Å². The van der Waals surface area contributed by atoms with Gasteiger partial charge in [-0.1, -0.05) is 6.07 Å². The Morgan fingerprint density at radius 2 is 1.96 bits per heavy atom. The largest absolute Gasteiger partial charge is 0.505 e. The Balaban J connectivity index is 2.01. The molecule has 1 aromatic heterocycles. The summed E-state index contributed by atoms with van der Waals surface area (Å²) < 4.78 is 51.2. The molecule has 0 saturated heterocycles. The Morgan fingerprint density at radius 1 is 1.25 bits per heavy atom. The SMILES string of the molecule is Cc1cc(C(F)(F)F)nc(CNC(=O)Cc2ccc(O)c(F)c2)n1. The molecule has 2 N–H and O–H groups in total. The minimum atomic E-state index is -4.60. The fraction of sp³-hybridized carbons (Fsp3) is 0.267. The molecule has 0 aliphatic rings. The van der Waals surface area contributed by atoms with Crippen LogP contribution in [0.15, 0.2) is 24.3 Å². The number of alkyl halides is 3. The number of hydrogen-bond acceptors (Lipinski definition) is 4. The van der Waals surface area contributed by atoms with Gasteiger partial charge in [-0.25, -0.2) is 14.4 Å². The molecule has 0 saturated carbocycles. The van der Waals surface area contributed by atoms with E-state index < -0.39 is 29.3 Å². The van der Waals surface area contributed by atoms with Gasteiger partial charge in [0.05, 0.1) is 13.0 Å². The third-order valence-corrected chi connectivity index (χ3v) is 3.01. The number of carbonyl (C=O) groups excluding carboxylic acids is 1. The van der Waals surface area contributed by atoms with E-state index in [4.69, 9.17) is 5.11 Å². The summed E-state index contributed by atoms with van der Waals surface area (Å²) in [6.07, 6.45) is -4.80. The van der Waals surface area contributed by atoms with Crippen molar-refractivity contribution >= 4 is 5.91 Å². The average molecular weight is 343 g/mol. The fourth-order valence-corrected chi connectivity index (χ4v) is 1.94. The summed E-state index contributed by atoms with van der Waals surface area (Å²) in [5, 5.41) is 11.4. The second-order valence-corrected chi connectivity index (χ2v) is 5.05. The van der Waals surface area contributed by atoms with E-state index in [1.54, 1.807) is 0 Å². The predicted molar refractivity (Wildman–Crippen MR) is 75.4 cm³/mol. The Labute approximate surface area is 134 Å². The van der Waals surface area contributed by atoms with Gasteiger partial charge in [-0.2, -0.15) is 13.2 Å². The minimum Gasteiger partial charge on any atom is -0.505 e. The lowest BCUT2D eigenvalue weighted by Crippen LogP contribution is -2.26. The molecule has 0 aliphatic heterocycles. The van der Waals surface area contributed by atoms with Crippen LogP contribution in [0.5, 0.6) is 5.75 Å². The zero-order chi connectivity index (χ0) is 17.9. The number of aromatic hydroxyl groups is 1. The van der Waals surface area contributed by atoms with E-state index in [0.29, 0.717) is 5.56 Å². The Hall–Kier alpha value is -2.71. The standard InChI is InChI=1S/C15H13F4N3O2/c1-8-4-12(15(17,18)19)22-13(21-8)7-20-14(24)6-9-2-3-11(23)10(16)5-9/h2-5,23H,6-7H2,1H3,(H,20,24). The van der Waals surface area contributed by atoms with Crippen molar-refractivity contribution in [1.29, 1.82) is 0 Å². The van der Waals surface area contributed by atoms with Crippen molar-refractivity contribution in [3.63, 3.8) is 0 Å². The van der Waals surface area contributed by atoms with Crippen LogP contribution in [-0.4, -0.2) is 21.0 Å². The molecule has 5 nitrogen and oxygen atoms in total. The fourth-order valence-electron chi connectivity index (χ4n) is 1.94. The van der Waals surface area contributed by atoms with Crippen LogP contribution in [0.2, 0.25) is 0 Å². The zero-order valence-electron chi connectivity index (χ0n) is 12.5. The number of phenols is 1. The van der Waals surface area contributed by atoms with Crippen molar-refractivity contribution in [1.82, 2.24) is 15.3 Å². The van der Waals surface area contributed by atoms with Gasteiger partial charge in [0, 0.05) is 5.69 Å². The van der Waals surface area contributed by atoms with E-state index in [0.717, 1.165) is 18.2 Å². The molecule has 2 rings (SSSR count). The first-order valence-corrected chi connectivity index (χ1v) is 6.81. The van der Waals surface area contributed by atoms with Gasteiger partial charge < -0.3 is 10.4 Å². The highest BCUT2D eigenvalue weighted by atomic mass is 19.4. The second-order valence-electron chi connectivity index (χ2n) is 5.05. The number of aromatic nitrogens is 2. The molecule has 9 heteroatoms. The highest BCUT2D eigenvalue weighted by Crippen LogP contribution is 2.27. The lowest BCUT2D eigenvalue weighted by molar-refractivity contribution is -0.141. The zero-order valence-corrected chi connectivity index (χ0v) is 12.5. The van der Waals surface area contributed by atoms with Gasteiger partial charge in [0.25, 0.3) is 0 Å². The molecule has 128 valence electrons. The number of phenolic OH excluding ortho intramolecular Hbond substituents is 1. The van der Waals surface area contributed by atoms with E-state index in [1.807, 2.05) is 0 Å². The molecule has 0 radical (unpaired) electrons. The van der Waals surface area contributed by atoms with E-state index in [1.165, 1.54) is 13.0 Å². The second kappa shape index (κ2) is 6.81. The molecular weight excluding hydrogens is 330 g/mol. The van der Waals surface area contributed by atoms with Crippen molar-refractivity contribution in [3.05, 3.63) is 52.9 Å². The van der Waals surface area contributed by atoms with Crippen LogP contribution in [0.3, 0.4) is 0 Å². The minimum absolute atomic E-state index is 0.127. The van der Waals surface area contributed by atoms with Crippen LogP contribution in [0.4, 0.5) is 17.6 Å². The van der Waals surface area contributed by atoms with Gasteiger partial charge >= 0.3 is 6.18 Å². The summed E-state index contributed by atoms with van der Waals surface area (Å²) in [4.78, 5) is 19.0. The molecule has 2 aromatic rings. The summed E-state index contributed by atoms with van der Waals surface area (Å²) >= 11 is 0. The molecule has 0 spiro atoms. The summed E-state index contributed by atoms with van der Waals surface area (Å²) in [5.74, 6) is -2.12. The Morgan fingerprint density at radius 3 is 2.58 bits per heavy atom. The Bertz CT molecular complexity index is 763. The topological polar surface area (TPSA) is 75.1 Å². The van der Waals surface area contributed by atoms with Crippen LogP contribution < -0.4 is 5.32 Å². The molecule has 1 heterocycles. The van der Waals surface area contributed by atoms with E-state index in [-0.39, 0.29) is 24.5 Å². The van der Waals surface area contributed by atoms with Crippen molar-refractivity contribution in [2.24, 2.45) is 0 Å². The van der Waals surface area contributed by atoms with Gasteiger partial charge in [0.1, 0.15) is 11.5 Å². The van der Waals surface area contributed by atoms with Crippen LogP contribution in [0, 0.1) is 12.7 Å². The van der Waals surface area contributed by atoms with E-state index >= 15 is 0 Å². The molecular formula is C15H13F4N3O2. The number of nitrogens with one attached hydrogen (secondary N) is 1. The van der Waals surface area contributed by atoms with Crippen LogP contribution in [0.1, 0.15) is 22.8 Å². The number of carbonyl (C=O) groups is 1. The first-order chi connectivity index (χ1) is 11.1. The van der Waals surface area contributed by atoms with Crippen molar-refractivity contribution in [3.8, 4) is 5.75 Å². The number of halogens is 4. The highest BCUT2D eigenvalue weighted by molar-refractivity contribution is 5.78. The number of nitrogens with zero attached hydrogens (tertiary/aromatic N) is 2. The lowest BCUT2D eigenvalue weighted by atomic mass is 10.1. The van der Waals surface area contributed by atoms with Gasteiger partial charge in [-0.15, -0.1) is 0 Å². The van der Waals surface area contributed by atoms with Gasteiger partial charge in [-0.05, 0) is 30.7 Å². The number of hydrogen-bond donors (Lipinski definition) is 2. The molecule has 0 aliphatic carbocycles. The maximum atomic E-state index is 13.2. The molecule has 0 atom stereocenters. The first kappa shape index (κ1) is 17.6. The Kier molecular flexibility index (Phi) is 5.01. The quantitative estimate of drug-likeness (QED) is 0.837. The van der Waals surface area contributed by atoms with E-state index in [2.05, 4.69) is 15.3 Å². The molecule has 1 amide bonds. The monoisotopic (exact) mass is 343 g/mol. The van der Waals surface area contributed by atoms with Gasteiger partial charge in [0.2, 0.25) is 5.91 Å². The summed E-state index contributed by atoms with van der Waals surface area (Å²) in [6, 6.07) is 4.28. The summed E-state index contributed by atoms with van der Waals surface area (Å²) in [5.41, 5.74) is -0.647. The third kappa shape index (κ3) is 4.64. The average Bonchev–Trinajstić information content (AvgIpc) is 2.47. The van der Waals surface area contributed by atoms with Crippen molar-refractivity contribution < 1.29 is 27.5 Å². The highest BCUT2D eigenvalue weighted by Gasteiger charge is 2.33. The molecule has 0 unspecified atom stereocenters. The smallest absolute Gasteiger partial charge is 0.433 e. The number of benzene rings is 1. The third-order valence-electron chi connectivity index (χ3n) is 3.01. The summed E-state index contributed by atoms with van der Waals surface area (Å²) in [6.45, 7) is 1.10. The number of amides is 1. The number of aryl methyl sites for hydroxylation is 1. The van der Waals surface area contributed by atoms with Crippen molar-refractivity contribution in [2.75, 3.05) is 0 Å². The summed E-state index contributed by atoms with van der Waals surface area (Å²) in [7, 11) is 0. The number of rotatable bonds is 4. The maximum absolute atomic E-state index is 13.2. The maximum Gasteiger partial charge on any atom is 0.433 e. The molecule has 0 fully saturated rings. The molecule has 1 aromatic carbocycles. The molecule has 0 bridgehead atoms. The first-order valence-electron chi connectivity index (χ1n) is 6.81. The van der Waals surface area contributed by atoms with Crippen LogP contribution in [0.25, 0.3) is 0 Å². The normalized spacial score (nSPS) is 11.4.